The van der Waals surface area contributed by atoms with Crippen molar-refractivity contribution in [2.75, 3.05) is 6.61 Å². The van der Waals surface area contributed by atoms with E-state index in [1.165, 1.54) is 31.2 Å². The Bertz CT molecular complexity index is 864. The molecule has 1 N–H and O–H groups in total. The molecule has 0 aliphatic rings. The van der Waals surface area contributed by atoms with E-state index >= 15 is 0 Å². The third-order valence-corrected chi connectivity index (χ3v) is 3.67. The first-order valence-corrected chi connectivity index (χ1v) is 7.63. The second kappa shape index (κ2) is 7.70. The smallest absolute Gasteiger partial charge is 0.331 e. The number of carbonyl (C=O) groups is 3. The van der Waals surface area contributed by atoms with Crippen molar-refractivity contribution in [3.05, 3.63) is 64.2 Å². The lowest BCUT2D eigenvalue weighted by Crippen LogP contribution is -2.14. The van der Waals surface area contributed by atoms with Crippen LogP contribution in [0.5, 0.6) is 0 Å². The summed E-state index contributed by atoms with van der Waals surface area (Å²) in [6.45, 7) is 4.34. The first-order chi connectivity index (χ1) is 11.8. The van der Waals surface area contributed by atoms with Gasteiger partial charge in [-0.15, -0.1) is 0 Å². The van der Waals surface area contributed by atoms with E-state index < -0.39 is 24.2 Å². The molecule has 0 saturated heterocycles. The van der Waals surface area contributed by atoms with Gasteiger partial charge in [0.1, 0.15) is 5.82 Å². The highest BCUT2D eigenvalue weighted by Gasteiger charge is 2.20. The van der Waals surface area contributed by atoms with Crippen LogP contribution < -0.4 is 0 Å². The lowest BCUT2D eigenvalue weighted by Gasteiger charge is -2.02. The summed E-state index contributed by atoms with van der Waals surface area (Å²) in [5.74, 6) is -1.70. The number of Topliss-reactive ketones (excluding diaryl/α,β-unsaturated/α-hetero) is 2. The van der Waals surface area contributed by atoms with Crippen LogP contribution in [0, 0.1) is 19.7 Å². The fraction of sp³-hybridized carbons (Fsp3) is 0.211. The van der Waals surface area contributed by atoms with Crippen molar-refractivity contribution in [1.82, 2.24) is 4.98 Å². The van der Waals surface area contributed by atoms with Crippen LogP contribution in [0.1, 0.15) is 44.6 Å². The van der Waals surface area contributed by atoms with Crippen LogP contribution in [0.2, 0.25) is 0 Å². The standard InChI is InChI=1S/C19H18FNO4/c1-11-18(13(3)22)12(2)21-19(11)16(23)10-25-17(24)8-7-14-5-4-6-15(20)9-14/h4-9,21H,10H2,1-3H3. The van der Waals surface area contributed by atoms with Crippen LogP contribution in [0.4, 0.5) is 4.39 Å². The minimum Gasteiger partial charge on any atom is -0.454 e. The molecule has 0 amide bonds. The second-order valence-corrected chi connectivity index (χ2v) is 5.60. The normalized spacial score (nSPS) is 10.9. The van der Waals surface area contributed by atoms with Crippen molar-refractivity contribution >= 4 is 23.6 Å². The Morgan fingerprint density at radius 2 is 1.96 bits per heavy atom. The summed E-state index contributed by atoms with van der Waals surface area (Å²) in [4.78, 5) is 38.3. The van der Waals surface area contributed by atoms with E-state index in [1.807, 2.05) is 0 Å². The Labute approximate surface area is 144 Å². The molecule has 1 aromatic carbocycles. The molecule has 0 radical (unpaired) electrons. The van der Waals surface area contributed by atoms with E-state index in [2.05, 4.69) is 4.98 Å². The zero-order valence-electron chi connectivity index (χ0n) is 14.2. The molecule has 6 heteroatoms. The van der Waals surface area contributed by atoms with Gasteiger partial charge in [0.25, 0.3) is 0 Å². The summed E-state index contributed by atoms with van der Waals surface area (Å²) in [6.07, 6.45) is 2.52. The van der Waals surface area contributed by atoms with Gasteiger partial charge >= 0.3 is 5.97 Å². The number of aromatic amines is 1. The zero-order valence-corrected chi connectivity index (χ0v) is 14.2. The van der Waals surface area contributed by atoms with Crippen molar-refractivity contribution in [3.63, 3.8) is 0 Å². The molecule has 1 aromatic heterocycles. The van der Waals surface area contributed by atoms with Crippen molar-refractivity contribution in [2.24, 2.45) is 0 Å². The molecule has 0 aliphatic carbocycles. The van der Waals surface area contributed by atoms with Crippen molar-refractivity contribution in [3.8, 4) is 0 Å². The third kappa shape index (κ3) is 4.50. The van der Waals surface area contributed by atoms with Crippen molar-refractivity contribution in [2.45, 2.75) is 20.8 Å². The molecule has 0 aliphatic heterocycles. The van der Waals surface area contributed by atoms with Crippen LogP contribution in [-0.4, -0.2) is 29.1 Å². The highest BCUT2D eigenvalue weighted by Crippen LogP contribution is 2.19. The molecule has 130 valence electrons. The summed E-state index contributed by atoms with van der Waals surface area (Å²) in [5, 5.41) is 0. The number of nitrogens with one attached hydrogen (secondary N) is 1. The Kier molecular flexibility index (Phi) is 5.64. The van der Waals surface area contributed by atoms with Crippen LogP contribution in [0.25, 0.3) is 6.08 Å². The van der Waals surface area contributed by atoms with E-state index in [9.17, 15) is 18.8 Å². The van der Waals surface area contributed by atoms with Crippen LogP contribution in [-0.2, 0) is 9.53 Å². The Hall–Kier alpha value is -3.02. The predicted molar refractivity (Wildman–Crippen MR) is 91.0 cm³/mol. The van der Waals surface area contributed by atoms with E-state index in [1.54, 1.807) is 19.9 Å². The third-order valence-electron chi connectivity index (χ3n) is 3.67. The molecule has 0 atom stereocenters. The fourth-order valence-electron chi connectivity index (χ4n) is 2.59. The SMILES string of the molecule is CC(=O)c1c(C)[nH]c(C(=O)COC(=O)C=Cc2cccc(F)c2)c1C. The quantitative estimate of drug-likeness (QED) is 0.495. The molecule has 0 unspecified atom stereocenters. The number of ketones is 2. The topological polar surface area (TPSA) is 76.2 Å². The highest BCUT2D eigenvalue weighted by atomic mass is 19.1. The van der Waals surface area contributed by atoms with Gasteiger partial charge in [0.2, 0.25) is 5.78 Å². The predicted octanol–water partition coefficient (Wildman–Crippen LogP) is 3.41. The van der Waals surface area contributed by atoms with E-state index in [4.69, 9.17) is 4.74 Å². The number of carbonyl (C=O) groups excluding carboxylic acids is 3. The number of halogens is 1. The molecular formula is C19H18FNO4. The number of benzene rings is 1. The van der Waals surface area contributed by atoms with Gasteiger partial charge in [0, 0.05) is 17.3 Å². The number of ether oxygens (including phenoxy) is 1. The van der Waals surface area contributed by atoms with Crippen molar-refractivity contribution in [1.29, 1.82) is 0 Å². The first kappa shape index (κ1) is 18.3. The van der Waals surface area contributed by atoms with E-state index in [-0.39, 0.29) is 11.5 Å². The Morgan fingerprint density at radius 1 is 1.24 bits per heavy atom. The van der Waals surface area contributed by atoms with Crippen molar-refractivity contribution < 1.29 is 23.5 Å². The summed E-state index contributed by atoms with van der Waals surface area (Å²) in [6, 6.07) is 5.72. The number of hydrogen-bond donors (Lipinski definition) is 1. The monoisotopic (exact) mass is 343 g/mol. The van der Waals surface area contributed by atoms with Gasteiger partial charge in [-0.3, -0.25) is 9.59 Å². The molecule has 25 heavy (non-hydrogen) atoms. The average molecular weight is 343 g/mol. The Balaban J connectivity index is 1.99. The van der Waals surface area contributed by atoms with Gasteiger partial charge < -0.3 is 9.72 Å². The lowest BCUT2D eigenvalue weighted by molar-refractivity contribution is -0.136. The summed E-state index contributed by atoms with van der Waals surface area (Å²) >= 11 is 0. The molecule has 2 aromatic rings. The number of aromatic nitrogens is 1. The van der Waals surface area contributed by atoms with Gasteiger partial charge in [0.15, 0.2) is 12.4 Å². The second-order valence-electron chi connectivity index (χ2n) is 5.60. The molecular weight excluding hydrogens is 325 g/mol. The minimum absolute atomic E-state index is 0.139. The zero-order chi connectivity index (χ0) is 18.6. The molecule has 2 rings (SSSR count). The maximum absolute atomic E-state index is 13.0. The van der Waals surface area contributed by atoms with Crippen LogP contribution in [0.15, 0.2) is 30.3 Å². The maximum Gasteiger partial charge on any atom is 0.331 e. The van der Waals surface area contributed by atoms with Gasteiger partial charge in [-0.05, 0) is 50.1 Å². The van der Waals surface area contributed by atoms with Crippen LogP contribution in [0.3, 0.4) is 0 Å². The molecule has 0 spiro atoms. The van der Waals surface area contributed by atoms with Gasteiger partial charge in [0.05, 0.1) is 5.69 Å². The molecule has 5 nitrogen and oxygen atoms in total. The Morgan fingerprint density at radius 3 is 2.56 bits per heavy atom. The average Bonchev–Trinajstić information content (AvgIpc) is 2.85. The number of esters is 1. The minimum atomic E-state index is -0.717. The molecule has 0 bridgehead atoms. The molecule has 0 fully saturated rings. The summed E-state index contributed by atoms with van der Waals surface area (Å²) in [7, 11) is 0. The molecule has 0 saturated carbocycles. The van der Waals surface area contributed by atoms with E-state index in [0.717, 1.165) is 6.08 Å². The number of H-pyrrole nitrogens is 1. The lowest BCUT2D eigenvalue weighted by atomic mass is 10.1. The summed E-state index contributed by atoms with van der Waals surface area (Å²) in [5.41, 5.74) is 2.38. The maximum atomic E-state index is 13.0. The fourth-order valence-corrected chi connectivity index (χ4v) is 2.59. The molecule has 1 heterocycles. The first-order valence-electron chi connectivity index (χ1n) is 7.63. The number of aryl methyl sites for hydroxylation is 1. The largest absolute Gasteiger partial charge is 0.454 e. The van der Waals surface area contributed by atoms with E-state index in [0.29, 0.717) is 22.4 Å². The number of rotatable bonds is 6. The highest BCUT2D eigenvalue weighted by molar-refractivity contribution is 6.04. The summed E-state index contributed by atoms with van der Waals surface area (Å²) < 4.78 is 17.9. The number of hydrogen-bond acceptors (Lipinski definition) is 4. The van der Waals surface area contributed by atoms with Gasteiger partial charge in [-0.2, -0.15) is 0 Å². The van der Waals surface area contributed by atoms with Crippen LogP contribution >= 0.6 is 0 Å². The van der Waals surface area contributed by atoms with Gasteiger partial charge in [-0.25, -0.2) is 9.18 Å². The van der Waals surface area contributed by atoms with Gasteiger partial charge in [-0.1, -0.05) is 12.1 Å².